The van der Waals surface area contributed by atoms with Gasteiger partial charge in [0, 0.05) is 48.9 Å². The summed E-state index contributed by atoms with van der Waals surface area (Å²) in [6.07, 6.45) is 3.56. The van der Waals surface area contributed by atoms with E-state index in [2.05, 4.69) is 49.9 Å². The molecule has 27 heavy (non-hydrogen) atoms. The Bertz CT molecular complexity index is 709. The number of guanidine groups is 1. The Hall–Kier alpha value is -1.63. The molecule has 3 aliphatic rings. The van der Waals surface area contributed by atoms with E-state index >= 15 is 0 Å². The van der Waals surface area contributed by atoms with Crippen LogP contribution in [0.15, 0.2) is 4.99 Å². The summed E-state index contributed by atoms with van der Waals surface area (Å²) in [6.45, 7) is 13.5. The average Bonchev–Trinajstić information content (AvgIpc) is 3.25. The summed E-state index contributed by atoms with van der Waals surface area (Å²) >= 11 is 0. The van der Waals surface area contributed by atoms with E-state index in [1.165, 1.54) is 0 Å². The summed E-state index contributed by atoms with van der Waals surface area (Å²) in [5.74, 6) is 3.97. The summed E-state index contributed by atoms with van der Waals surface area (Å²) in [5.41, 5.74) is 0.148. The third-order valence-electron chi connectivity index (χ3n) is 6.44. The van der Waals surface area contributed by atoms with Gasteiger partial charge in [-0.25, -0.2) is 9.67 Å². The third-order valence-corrected chi connectivity index (χ3v) is 6.44. The van der Waals surface area contributed by atoms with E-state index < -0.39 is 0 Å². The fourth-order valence-corrected chi connectivity index (χ4v) is 4.94. The molecule has 150 valence electrons. The number of ether oxygens (including phenoxy) is 1. The van der Waals surface area contributed by atoms with Gasteiger partial charge in [-0.2, -0.15) is 5.10 Å². The summed E-state index contributed by atoms with van der Waals surface area (Å²) in [6, 6.07) is 0.747. The molecule has 4 rings (SSSR count). The lowest BCUT2D eigenvalue weighted by Gasteiger charge is -2.55. The average molecular weight is 375 g/mol. The van der Waals surface area contributed by atoms with Crippen LogP contribution in [0.2, 0.25) is 0 Å². The van der Waals surface area contributed by atoms with E-state index in [9.17, 15) is 0 Å². The van der Waals surface area contributed by atoms with Gasteiger partial charge in [-0.1, -0.05) is 27.7 Å². The maximum Gasteiger partial charge on any atom is 0.191 e. The number of hydrogen-bond acceptors (Lipinski definition) is 4. The van der Waals surface area contributed by atoms with Crippen LogP contribution in [0.4, 0.5) is 0 Å². The van der Waals surface area contributed by atoms with Gasteiger partial charge in [-0.05, 0) is 19.8 Å². The topological polar surface area (TPSA) is 76.4 Å². The van der Waals surface area contributed by atoms with Gasteiger partial charge in [0.25, 0.3) is 0 Å². The molecule has 0 spiro atoms. The number of aromatic nitrogens is 3. The summed E-state index contributed by atoms with van der Waals surface area (Å²) in [7, 11) is 0. The Morgan fingerprint density at radius 3 is 2.89 bits per heavy atom. The van der Waals surface area contributed by atoms with E-state index in [1.807, 2.05) is 0 Å². The quantitative estimate of drug-likeness (QED) is 0.623. The van der Waals surface area contributed by atoms with Gasteiger partial charge in [0.2, 0.25) is 0 Å². The summed E-state index contributed by atoms with van der Waals surface area (Å²) < 4.78 is 8.01. The largest absolute Gasteiger partial charge is 0.377 e. The molecule has 1 saturated heterocycles. The minimum Gasteiger partial charge on any atom is -0.377 e. The lowest BCUT2D eigenvalue weighted by molar-refractivity contribution is -0.106. The van der Waals surface area contributed by atoms with Crippen molar-refractivity contribution in [2.45, 2.75) is 84.5 Å². The molecule has 7 heteroatoms. The van der Waals surface area contributed by atoms with Crippen LogP contribution in [-0.4, -0.2) is 52.1 Å². The molecule has 0 bridgehead atoms. The number of fused-ring (bicyclic) bond motifs is 2. The Balaban J connectivity index is 1.41. The van der Waals surface area contributed by atoms with E-state index in [-0.39, 0.29) is 5.41 Å². The van der Waals surface area contributed by atoms with Crippen molar-refractivity contribution in [1.82, 2.24) is 25.4 Å². The minimum atomic E-state index is 0.148. The maximum absolute atomic E-state index is 5.93. The second-order valence-electron chi connectivity index (χ2n) is 9.11. The Labute approximate surface area is 162 Å². The molecule has 3 heterocycles. The van der Waals surface area contributed by atoms with E-state index in [0.29, 0.717) is 30.0 Å². The number of aryl methyl sites for hydroxylation is 1. The van der Waals surface area contributed by atoms with Crippen molar-refractivity contribution in [3.8, 4) is 0 Å². The van der Waals surface area contributed by atoms with Crippen molar-refractivity contribution < 1.29 is 4.74 Å². The fraction of sp³-hybridized carbons (Fsp3) is 0.850. The standard InChI is InChI=1S/C20H34N6O/c1-6-21-19(24-16-14-9-10-27-17(14)20(16,4)5)22-13-7-8-15-23-18(12(2)3)25-26(15)11-13/h12-14,16-17H,6-11H2,1-5H3,(H2,21,22,24). The predicted octanol–water partition coefficient (Wildman–Crippen LogP) is 2.08. The molecule has 2 aliphatic heterocycles. The predicted molar refractivity (Wildman–Crippen MR) is 106 cm³/mol. The van der Waals surface area contributed by atoms with Crippen LogP contribution < -0.4 is 10.6 Å². The van der Waals surface area contributed by atoms with Gasteiger partial charge in [0.15, 0.2) is 11.8 Å². The molecule has 4 unspecified atom stereocenters. The molecule has 2 fully saturated rings. The fourth-order valence-electron chi connectivity index (χ4n) is 4.94. The maximum atomic E-state index is 5.93. The first-order valence-corrected chi connectivity index (χ1v) is 10.5. The highest BCUT2D eigenvalue weighted by atomic mass is 16.5. The number of rotatable bonds is 4. The van der Waals surface area contributed by atoms with E-state index in [0.717, 1.165) is 56.6 Å². The lowest BCUT2D eigenvalue weighted by atomic mass is 9.57. The van der Waals surface area contributed by atoms with E-state index in [4.69, 9.17) is 19.8 Å². The van der Waals surface area contributed by atoms with Crippen molar-refractivity contribution >= 4 is 5.96 Å². The zero-order valence-electron chi connectivity index (χ0n) is 17.3. The van der Waals surface area contributed by atoms with Crippen LogP contribution >= 0.6 is 0 Å². The molecule has 1 aromatic rings. The van der Waals surface area contributed by atoms with Gasteiger partial charge >= 0.3 is 0 Å². The second kappa shape index (κ2) is 7.08. The number of nitrogens with one attached hydrogen (secondary N) is 2. The first kappa shape index (κ1) is 18.7. The zero-order chi connectivity index (χ0) is 19.2. The Kier molecular flexibility index (Phi) is 4.91. The monoisotopic (exact) mass is 374 g/mol. The normalized spacial score (nSPS) is 32.0. The van der Waals surface area contributed by atoms with Crippen molar-refractivity contribution in [3.05, 3.63) is 11.6 Å². The minimum absolute atomic E-state index is 0.148. The van der Waals surface area contributed by atoms with Crippen LogP contribution in [0.1, 0.15) is 65.0 Å². The molecule has 1 aliphatic carbocycles. The molecule has 1 saturated carbocycles. The number of nitrogens with zero attached hydrogens (tertiary/aromatic N) is 4. The Morgan fingerprint density at radius 2 is 2.15 bits per heavy atom. The Morgan fingerprint density at radius 1 is 1.33 bits per heavy atom. The van der Waals surface area contributed by atoms with Gasteiger partial charge < -0.3 is 15.4 Å². The van der Waals surface area contributed by atoms with Crippen LogP contribution in [0.3, 0.4) is 0 Å². The second-order valence-corrected chi connectivity index (χ2v) is 9.11. The van der Waals surface area contributed by atoms with Gasteiger partial charge in [-0.3, -0.25) is 4.99 Å². The highest BCUT2D eigenvalue weighted by Crippen LogP contribution is 2.52. The van der Waals surface area contributed by atoms with Gasteiger partial charge in [-0.15, -0.1) is 0 Å². The van der Waals surface area contributed by atoms with Crippen LogP contribution in [-0.2, 0) is 17.7 Å². The van der Waals surface area contributed by atoms with Gasteiger partial charge in [0.1, 0.15) is 5.82 Å². The third kappa shape index (κ3) is 3.35. The van der Waals surface area contributed by atoms with Crippen molar-refractivity contribution in [1.29, 1.82) is 0 Å². The molecular formula is C20H34N6O. The molecule has 4 atom stereocenters. The molecule has 2 N–H and O–H groups in total. The highest BCUT2D eigenvalue weighted by Gasteiger charge is 2.59. The van der Waals surface area contributed by atoms with Crippen LogP contribution in [0.25, 0.3) is 0 Å². The van der Waals surface area contributed by atoms with Crippen molar-refractivity contribution in [3.63, 3.8) is 0 Å². The van der Waals surface area contributed by atoms with Crippen molar-refractivity contribution in [2.75, 3.05) is 13.2 Å². The highest BCUT2D eigenvalue weighted by molar-refractivity contribution is 5.80. The van der Waals surface area contributed by atoms with Crippen molar-refractivity contribution in [2.24, 2.45) is 16.3 Å². The molecule has 0 radical (unpaired) electrons. The number of aliphatic imine (C=N–C) groups is 1. The first-order chi connectivity index (χ1) is 12.9. The zero-order valence-corrected chi connectivity index (χ0v) is 17.3. The summed E-state index contributed by atoms with van der Waals surface area (Å²) in [5, 5.41) is 12.1. The molecule has 0 aromatic carbocycles. The smallest absolute Gasteiger partial charge is 0.191 e. The first-order valence-electron chi connectivity index (χ1n) is 10.5. The summed E-state index contributed by atoms with van der Waals surface area (Å²) in [4.78, 5) is 9.41. The molecule has 0 amide bonds. The molecular weight excluding hydrogens is 340 g/mol. The molecule has 1 aromatic heterocycles. The van der Waals surface area contributed by atoms with Crippen LogP contribution in [0, 0.1) is 11.3 Å². The van der Waals surface area contributed by atoms with E-state index in [1.54, 1.807) is 0 Å². The molecule has 7 nitrogen and oxygen atoms in total. The number of hydrogen-bond donors (Lipinski definition) is 2. The van der Waals surface area contributed by atoms with Crippen LogP contribution in [0.5, 0.6) is 0 Å². The SMILES string of the molecule is CCN=C(NC1CCc2nc(C(C)C)nn2C1)NC1C2CCOC2C1(C)C. The lowest BCUT2D eigenvalue weighted by Crippen LogP contribution is -2.68. The van der Waals surface area contributed by atoms with Gasteiger partial charge in [0.05, 0.1) is 12.6 Å².